The molecule has 0 fully saturated rings. The molecule has 0 radical (unpaired) electrons. The van der Waals surface area contributed by atoms with Gasteiger partial charge in [0.25, 0.3) is 0 Å². The van der Waals surface area contributed by atoms with E-state index in [0.717, 1.165) is 48.3 Å². The Morgan fingerprint density at radius 3 is 1.72 bits per heavy atom. The van der Waals surface area contributed by atoms with E-state index in [9.17, 15) is 0 Å². The van der Waals surface area contributed by atoms with Gasteiger partial charge in [0.2, 0.25) is 5.95 Å². The van der Waals surface area contributed by atoms with Gasteiger partial charge in [-0.25, -0.2) is 4.98 Å². The van der Waals surface area contributed by atoms with Gasteiger partial charge in [0.1, 0.15) is 9.66 Å². The van der Waals surface area contributed by atoms with Gasteiger partial charge in [-0.1, -0.05) is 164 Å². The van der Waals surface area contributed by atoms with Gasteiger partial charge in [0.15, 0.2) is 11.6 Å². The van der Waals surface area contributed by atoms with Crippen LogP contribution in [0.3, 0.4) is 0 Å². The minimum atomic E-state index is 0.573. The van der Waals surface area contributed by atoms with E-state index in [1.807, 2.05) is 36.4 Å². The minimum Gasteiger partial charge on any atom is -0.346 e. The first kappa shape index (κ1) is 29.8. The number of thiophene rings is 1. The summed E-state index contributed by atoms with van der Waals surface area (Å²) in [4.78, 5) is 21.7. The lowest BCUT2D eigenvalue weighted by atomic mass is 9.96. The predicted molar refractivity (Wildman–Crippen MR) is 225 cm³/mol. The van der Waals surface area contributed by atoms with Crippen LogP contribution in [0.5, 0.6) is 0 Å². The molecule has 0 atom stereocenters. The summed E-state index contributed by atoms with van der Waals surface area (Å²) in [6.45, 7) is 7.90. The standard InChI is InChI=1S/C47H29N5S/c1-3-27-17-21-30(22-18-27)43-49-44(31-23-19-28(4-2)20-24-31)51-47(50-43)52-42-36-16-10-8-14-34(36)33-13-7-9-15-35(33)39(42)41-40-38-32-12-6-5-11-29(32)25-26-37(38)48-45(40)53-46(41)52/h3-26,48H,1-2H2. The number of aromatic nitrogens is 5. The summed E-state index contributed by atoms with van der Waals surface area (Å²) in [5, 5.41) is 12.1. The second kappa shape index (κ2) is 11.3. The van der Waals surface area contributed by atoms with E-state index in [2.05, 4.69) is 132 Å². The summed E-state index contributed by atoms with van der Waals surface area (Å²) in [5.41, 5.74) is 6.10. The lowest BCUT2D eigenvalue weighted by molar-refractivity contribution is 0.959. The molecule has 5 nitrogen and oxygen atoms in total. The van der Waals surface area contributed by atoms with Crippen molar-refractivity contribution in [3.05, 3.63) is 158 Å². The summed E-state index contributed by atoms with van der Waals surface area (Å²) in [7, 11) is 0. The summed E-state index contributed by atoms with van der Waals surface area (Å²) in [5.74, 6) is 1.78. The molecule has 53 heavy (non-hydrogen) atoms. The molecule has 11 rings (SSSR count). The Balaban J connectivity index is 1.34. The number of nitrogens with one attached hydrogen (secondary N) is 1. The van der Waals surface area contributed by atoms with Crippen molar-refractivity contribution >= 4 is 98.0 Å². The maximum absolute atomic E-state index is 5.31. The average molecular weight is 696 g/mol. The number of aromatic amines is 1. The summed E-state index contributed by atoms with van der Waals surface area (Å²) in [6, 6.07) is 47.0. The largest absolute Gasteiger partial charge is 0.346 e. The van der Waals surface area contributed by atoms with Gasteiger partial charge < -0.3 is 4.98 Å². The third-order valence-electron chi connectivity index (χ3n) is 10.5. The van der Waals surface area contributed by atoms with Gasteiger partial charge in [0.05, 0.1) is 5.52 Å². The van der Waals surface area contributed by atoms with Crippen molar-refractivity contribution in [3.8, 4) is 28.7 Å². The van der Waals surface area contributed by atoms with Gasteiger partial charge >= 0.3 is 0 Å². The van der Waals surface area contributed by atoms with Crippen LogP contribution < -0.4 is 0 Å². The van der Waals surface area contributed by atoms with E-state index < -0.39 is 0 Å². The molecule has 11 aromatic rings. The molecule has 6 heteroatoms. The molecular weight excluding hydrogens is 667 g/mol. The first-order valence-corrected chi connectivity index (χ1v) is 18.4. The highest BCUT2D eigenvalue weighted by molar-refractivity contribution is 7.25. The zero-order chi connectivity index (χ0) is 35.2. The van der Waals surface area contributed by atoms with Crippen LogP contribution in [-0.4, -0.2) is 24.5 Å². The van der Waals surface area contributed by atoms with Crippen molar-refractivity contribution < 1.29 is 0 Å². The van der Waals surface area contributed by atoms with Gasteiger partial charge in [-0.05, 0) is 44.1 Å². The molecule has 4 aromatic heterocycles. The maximum Gasteiger partial charge on any atom is 0.239 e. The number of nitrogens with zero attached hydrogens (tertiary/aromatic N) is 4. The number of H-pyrrole nitrogens is 1. The van der Waals surface area contributed by atoms with Crippen molar-refractivity contribution in [1.29, 1.82) is 0 Å². The van der Waals surface area contributed by atoms with Crippen LogP contribution in [0.2, 0.25) is 0 Å². The first-order valence-electron chi connectivity index (χ1n) is 17.6. The molecule has 0 spiro atoms. The molecule has 0 aliphatic rings. The molecule has 248 valence electrons. The van der Waals surface area contributed by atoms with Crippen molar-refractivity contribution in [2.75, 3.05) is 0 Å². The van der Waals surface area contributed by atoms with Crippen LogP contribution in [0, 0.1) is 0 Å². The Bertz CT molecular complexity index is 3240. The number of rotatable bonds is 5. The maximum atomic E-state index is 5.31. The second-order valence-electron chi connectivity index (χ2n) is 13.4. The Morgan fingerprint density at radius 2 is 1.08 bits per heavy atom. The molecular formula is C47H29N5S. The lowest BCUT2D eigenvalue weighted by Crippen LogP contribution is -2.06. The zero-order valence-corrected chi connectivity index (χ0v) is 29.3. The number of fused-ring (bicyclic) bond motifs is 14. The Labute approximate surface area is 307 Å². The van der Waals surface area contributed by atoms with Gasteiger partial charge in [-0.2, -0.15) is 9.97 Å². The Hall–Kier alpha value is -6.89. The summed E-state index contributed by atoms with van der Waals surface area (Å²) >= 11 is 1.76. The van der Waals surface area contributed by atoms with Crippen LogP contribution >= 0.6 is 11.3 Å². The molecule has 0 saturated heterocycles. The molecule has 0 saturated carbocycles. The highest BCUT2D eigenvalue weighted by Crippen LogP contribution is 2.50. The van der Waals surface area contributed by atoms with Crippen LogP contribution in [0.4, 0.5) is 0 Å². The zero-order valence-electron chi connectivity index (χ0n) is 28.5. The quantitative estimate of drug-likeness (QED) is 0.182. The molecule has 1 N–H and O–H groups in total. The van der Waals surface area contributed by atoms with E-state index in [1.165, 1.54) is 48.5 Å². The summed E-state index contributed by atoms with van der Waals surface area (Å²) < 4.78 is 2.29. The van der Waals surface area contributed by atoms with Crippen LogP contribution in [0.1, 0.15) is 11.1 Å². The fourth-order valence-corrected chi connectivity index (χ4v) is 9.29. The third-order valence-corrected chi connectivity index (χ3v) is 11.6. The third kappa shape index (κ3) is 4.33. The van der Waals surface area contributed by atoms with Crippen molar-refractivity contribution in [3.63, 3.8) is 0 Å². The normalized spacial score (nSPS) is 11.9. The molecule has 0 bridgehead atoms. The minimum absolute atomic E-state index is 0.573. The Morgan fingerprint density at radius 1 is 0.509 bits per heavy atom. The predicted octanol–water partition coefficient (Wildman–Crippen LogP) is 12.7. The first-order chi connectivity index (χ1) is 26.2. The van der Waals surface area contributed by atoms with Crippen molar-refractivity contribution in [1.82, 2.24) is 24.5 Å². The van der Waals surface area contributed by atoms with Gasteiger partial charge in [0, 0.05) is 43.6 Å². The highest BCUT2D eigenvalue weighted by Gasteiger charge is 2.27. The number of hydrogen-bond donors (Lipinski definition) is 1. The number of benzene rings is 7. The topological polar surface area (TPSA) is 59.4 Å². The van der Waals surface area contributed by atoms with E-state index in [0.29, 0.717) is 17.6 Å². The SMILES string of the molecule is C=Cc1ccc(-c2nc(-c3ccc(C=C)cc3)nc(-n3c4sc5[nH]c6ccc7ccccc7c6c5c4c4c5ccccc5c5ccccc5c43)n2)cc1. The van der Waals surface area contributed by atoms with E-state index in [1.54, 1.807) is 11.3 Å². The van der Waals surface area contributed by atoms with Gasteiger partial charge in [-0.15, -0.1) is 0 Å². The molecule has 0 amide bonds. The fourth-order valence-electron chi connectivity index (χ4n) is 8.06. The Kier molecular flexibility index (Phi) is 6.36. The van der Waals surface area contributed by atoms with Gasteiger partial charge in [-0.3, -0.25) is 4.57 Å². The lowest BCUT2D eigenvalue weighted by Gasteiger charge is -2.13. The van der Waals surface area contributed by atoms with E-state index >= 15 is 0 Å². The highest BCUT2D eigenvalue weighted by atomic mass is 32.1. The van der Waals surface area contributed by atoms with Crippen LogP contribution in [-0.2, 0) is 0 Å². The smallest absolute Gasteiger partial charge is 0.239 e. The van der Waals surface area contributed by atoms with Crippen LogP contribution in [0.25, 0.3) is 115 Å². The monoisotopic (exact) mass is 695 g/mol. The average Bonchev–Trinajstić information content (AvgIpc) is 3.88. The molecule has 0 aliphatic heterocycles. The molecule has 7 aromatic carbocycles. The fraction of sp³-hybridized carbons (Fsp3) is 0. The van der Waals surface area contributed by atoms with Crippen LogP contribution in [0.15, 0.2) is 147 Å². The molecule has 4 heterocycles. The second-order valence-corrected chi connectivity index (χ2v) is 14.4. The molecule has 0 unspecified atom stereocenters. The van der Waals surface area contributed by atoms with E-state index in [-0.39, 0.29) is 0 Å². The molecule has 0 aliphatic carbocycles. The van der Waals surface area contributed by atoms with Crippen molar-refractivity contribution in [2.24, 2.45) is 0 Å². The summed E-state index contributed by atoms with van der Waals surface area (Å²) in [6.07, 6.45) is 3.69. The van der Waals surface area contributed by atoms with E-state index in [4.69, 9.17) is 15.0 Å². The van der Waals surface area contributed by atoms with Crippen molar-refractivity contribution in [2.45, 2.75) is 0 Å². The number of hydrogen-bond acceptors (Lipinski definition) is 4.